The molecule has 11 nitrogen and oxygen atoms in total. The average molecular weight is 1130 g/mol. The fourth-order valence-electron chi connectivity index (χ4n) is 11.8. The zero-order chi connectivity index (χ0) is 61.0. The summed E-state index contributed by atoms with van der Waals surface area (Å²) in [5, 5.41) is 83.2. The first-order valence-electron chi connectivity index (χ1n) is 27.1. The normalized spacial score (nSPS) is 11.0. The highest BCUT2D eigenvalue weighted by Gasteiger charge is 2.37. The second kappa shape index (κ2) is 21.4. The number of benzene rings is 10. The molecule has 0 aliphatic carbocycles. The molecule has 3 heterocycles. The smallest absolute Gasteiger partial charge is 0.309 e. The van der Waals surface area contributed by atoms with E-state index in [0.717, 1.165) is 11.6 Å². The number of nitriles is 8. The number of nitrogens with zero attached hydrogens (tertiary/aromatic N) is 11. The van der Waals surface area contributed by atoms with Gasteiger partial charge in [0.15, 0.2) is 0 Å². The van der Waals surface area contributed by atoms with Crippen molar-refractivity contribution in [1.82, 2.24) is 14.1 Å². The number of alkyl halides is 3. The van der Waals surface area contributed by atoms with Crippen LogP contribution in [0.25, 0.3) is 122 Å². The minimum atomic E-state index is -5.11. The molecule has 0 radical (unpaired) electrons. The Morgan fingerprint density at radius 2 is 0.648 bits per heavy atom. The van der Waals surface area contributed by atoms with Crippen LogP contribution in [0.3, 0.4) is 0 Å². The molecule has 0 saturated heterocycles. The van der Waals surface area contributed by atoms with Gasteiger partial charge in [-0.1, -0.05) is 109 Å². The summed E-state index contributed by atoms with van der Waals surface area (Å²) in [5.74, 6) is 0. The van der Waals surface area contributed by atoms with Gasteiger partial charge in [0.25, 0.3) is 0 Å². The monoisotopic (exact) mass is 1130 g/mol. The Morgan fingerprint density at radius 1 is 0.295 bits per heavy atom. The fraction of sp³-hybridized carbons (Fsp3) is 0.0135. The summed E-state index contributed by atoms with van der Waals surface area (Å²) in [5.41, 5.74) is 7.43. The van der Waals surface area contributed by atoms with Crippen LogP contribution in [0.4, 0.5) is 13.2 Å². The van der Waals surface area contributed by atoms with Gasteiger partial charge in [0.05, 0.1) is 143 Å². The van der Waals surface area contributed by atoms with E-state index in [9.17, 15) is 42.1 Å². The van der Waals surface area contributed by atoms with E-state index < -0.39 is 11.7 Å². The zero-order valence-electron chi connectivity index (χ0n) is 45.7. The Balaban J connectivity index is 1.19. The van der Waals surface area contributed by atoms with Crippen LogP contribution in [0.5, 0.6) is 0 Å². The van der Waals surface area contributed by atoms with E-state index >= 15 is 13.2 Å². The molecule has 0 spiro atoms. The maximum absolute atomic E-state index is 17.1. The van der Waals surface area contributed by atoms with E-state index in [-0.39, 0.29) is 67.1 Å². The quantitative estimate of drug-likeness (QED) is 0.141. The maximum Gasteiger partial charge on any atom is 0.418 e. The predicted molar refractivity (Wildman–Crippen MR) is 328 cm³/mol. The molecule has 88 heavy (non-hydrogen) atoms. The Labute approximate surface area is 500 Å². The summed E-state index contributed by atoms with van der Waals surface area (Å²) in [7, 11) is 0. The van der Waals surface area contributed by atoms with E-state index in [4.69, 9.17) is 4.98 Å². The molecule has 0 fully saturated rings. The summed E-state index contributed by atoms with van der Waals surface area (Å²) in [6, 6.07) is 74.5. The van der Waals surface area contributed by atoms with E-state index in [0.29, 0.717) is 93.8 Å². The first-order valence-corrected chi connectivity index (χ1v) is 27.1. The van der Waals surface area contributed by atoms with E-state index in [1.54, 1.807) is 114 Å². The first kappa shape index (κ1) is 53.9. The summed E-state index contributed by atoms with van der Waals surface area (Å²) >= 11 is 0. The first-order chi connectivity index (χ1) is 42.9. The molecule has 3 aromatic heterocycles. The molecule has 14 heteroatoms. The Morgan fingerprint density at radius 3 is 0.989 bits per heavy atom. The van der Waals surface area contributed by atoms with Gasteiger partial charge in [0.2, 0.25) is 0 Å². The van der Waals surface area contributed by atoms with Crippen LogP contribution in [0, 0.1) is 90.6 Å². The Kier molecular flexibility index (Phi) is 13.1. The van der Waals surface area contributed by atoms with Crippen LogP contribution < -0.4 is 0 Å². The molecule has 406 valence electrons. The van der Waals surface area contributed by atoms with E-state index in [2.05, 4.69) is 48.6 Å². The van der Waals surface area contributed by atoms with E-state index in [1.807, 2.05) is 60.7 Å². The summed E-state index contributed by atoms with van der Waals surface area (Å²) in [6.45, 7) is 0. The fourth-order valence-corrected chi connectivity index (χ4v) is 11.8. The summed E-state index contributed by atoms with van der Waals surface area (Å²) in [4.78, 5) is 5.23. The van der Waals surface area contributed by atoms with Gasteiger partial charge in [0, 0.05) is 32.7 Å². The van der Waals surface area contributed by atoms with Crippen LogP contribution in [0.15, 0.2) is 206 Å². The Bertz CT molecular complexity index is 5290. The number of hydrogen-bond acceptors (Lipinski definition) is 9. The standard InChI is InChI=1S/C74H34F3N11/c75-74(76,77)65-34-72(87-68-29-48(56-17-9-43(35-78)25-52(56)39-82)13-21-60(68)61-22-14-49(30-69(61)87)57-18-10-44(36-79)26-53(57)40-83)64(67-8-4-7-66(86-67)47-5-2-1-3-6-47)33-73(65)88-70-31-50(58-19-11-45(37-80)27-54(58)41-84)15-23-62(70)63-24-16-51(32-71(63)88)59-20-12-46(38-81)28-55(59)42-85/h1-34H. The molecular weight excluding hydrogens is 1100 g/mol. The average Bonchev–Trinajstić information content (AvgIpc) is 1.55. The van der Waals surface area contributed by atoms with Gasteiger partial charge in [-0.3, -0.25) is 0 Å². The molecule has 0 aliphatic rings. The summed E-state index contributed by atoms with van der Waals surface area (Å²) in [6.07, 6.45) is -5.11. The van der Waals surface area contributed by atoms with Crippen molar-refractivity contribution in [3.05, 3.63) is 256 Å². The highest BCUT2D eigenvalue weighted by Crippen LogP contribution is 2.47. The minimum Gasteiger partial charge on any atom is -0.309 e. The van der Waals surface area contributed by atoms with Gasteiger partial charge in [0.1, 0.15) is 0 Å². The molecule has 13 aromatic rings. The molecule has 0 aliphatic heterocycles. The lowest BCUT2D eigenvalue weighted by molar-refractivity contribution is -0.137. The van der Waals surface area contributed by atoms with Crippen LogP contribution in [0.2, 0.25) is 0 Å². The van der Waals surface area contributed by atoms with Crippen molar-refractivity contribution in [1.29, 1.82) is 42.1 Å². The summed E-state index contributed by atoms with van der Waals surface area (Å²) < 4.78 is 54.7. The number of pyridine rings is 1. The van der Waals surface area contributed by atoms with Crippen LogP contribution in [-0.2, 0) is 6.18 Å². The lowest BCUT2D eigenvalue weighted by Gasteiger charge is -2.22. The molecular formula is C74H34F3N11. The van der Waals surface area contributed by atoms with Crippen molar-refractivity contribution in [2.24, 2.45) is 0 Å². The van der Waals surface area contributed by atoms with Crippen molar-refractivity contribution in [2.75, 3.05) is 0 Å². The minimum absolute atomic E-state index is 0.0402. The van der Waals surface area contributed by atoms with Crippen LogP contribution in [-0.4, -0.2) is 14.1 Å². The van der Waals surface area contributed by atoms with E-state index in [1.165, 1.54) is 34.9 Å². The van der Waals surface area contributed by atoms with Crippen molar-refractivity contribution in [3.8, 4) is 127 Å². The van der Waals surface area contributed by atoms with Gasteiger partial charge >= 0.3 is 6.18 Å². The van der Waals surface area contributed by atoms with Gasteiger partial charge in [-0.05, 0) is 142 Å². The van der Waals surface area contributed by atoms with Gasteiger partial charge in [-0.25, -0.2) is 4.98 Å². The molecule has 0 atom stereocenters. The second-order valence-electron chi connectivity index (χ2n) is 20.7. The number of aromatic nitrogens is 3. The number of rotatable bonds is 8. The predicted octanol–water partition coefficient (Wildman–Crippen LogP) is 17.3. The van der Waals surface area contributed by atoms with Crippen molar-refractivity contribution in [3.63, 3.8) is 0 Å². The molecule has 0 saturated carbocycles. The number of hydrogen-bond donors (Lipinski definition) is 0. The third-order valence-electron chi connectivity index (χ3n) is 15.9. The lowest BCUT2D eigenvalue weighted by Crippen LogP contribution is -2.13. The number of halogens is 3. The third kappa shape index (κ3) is 9.08. The molecule has 0 unspecified atom stereocenters. The zero-order valence-corrected chi connectivity index (χ0v) is 45.7. The molecule has 0 bridgehead atoms. The second-order valence-corrected chi connectivity index (χ2v) is 20.7. The van der Waals surface area contributed by atoms with Crippen molar-refractivity contribution >= 4 is 43.6 Å². The molecule has 10 aromatic carbocycles. The van der Waals surface area contributed by atoms with Crippen LogP contribution in [0.1, 0.15) is 50.1 Å². The largest absolute Gasteiger partial charge is 0.418 e. The lowest BCUT2D eigenvalue weighted by atomic mass is 9.96. The maximum atomic E-state index is 17.1. The molecule has 13 rings (SSSR count). The Hall–Kier alpha value is -13.3. The number of fused-ring (bicyclic) bond motifs is 6. The topological polar surface area (TPSA) is 213 Å². The highest BCUT2D eigenvalue weighted by atomic mass is 19.4. The highest BCUT2D eigenvalue weighted by molar-refractivity contribution is 6.13. The van der Waals surface area contributed by atoms with Gasteiger partial charge < -0.3 is 9.13 Å². The molecule has 0 amide bonds. The van der Waals surface area contributed by atoms with Crippen molar-refractivity contribution < 1.29 is 13.2 Å². The molecule has 0 N–H and O–H groups in total. The SMILES string of the molecule is N#Cc1ccc(-c2ccc3c4ccc(-c5ccc(C#N)cc5C#N)cc4n(-c4cc(C(F)(F)F)c(-n5c6cc(-c7ccc(C#N)cc7C#N)ccc6c6ccc(-c7ccc(C#N)cc7C#N)cc65)cc4-c4cccc(-c5ccccc5)n4)c3c2)c(C#N)c1. The third-order valence-corrected chi connectivity index (χ3v) is 15.9. The van der Waals surface area contributed by atoms with Gasteiger partial charge in [-0.15, -0.1) is 0 Å². The van der Waals surface area contributed by atoms with Gasteiger partial charge in [-0.2, -0.15) is 55.3 Å². The van der Waals surface area contributed by atoms with Crippen molar-refractivity contribution in [2.45, 2.75) is 6.18 Å². The van der Waals surface area contributed by atoms with Crippen LogP contribution >= 0.6 is 0 Å².